The van der Waals surface area contributed by atoms with Crippen LogP contribution in [0.15, 0.2) is 49.6 Å². The third-order valence-electron chi connectivity index (χ3n) is 2.45. The SMILES string of the molecule is C=CC=CCC(C)CC.C=CCCC=CCC. The maximum Gasteiger partial charge on any atom is -0.0316 e. The Morgan fingerprint density at radius 1 is 1.00 bits per heavy atom. The molecule has 17 heavy (non-hydrogen) atoms. The van der Waals surface area contributed by atoms with E-state index < -0.39 is 0 Å². The normalized spacial score (nSPS) is 12.2. The number of hydrogen-bond donors (Lipinski definition) is 0. The molecule has 0 aromatic carbocycles. The van der Waals surface area contributed by atoms with Gasteiger partial charge in [0, 0.05) is 0 Å². The molecule has 0 nitrogen and oxygen atoms in total. The summed E-state index contributed by atoms with van der Waals surface area (Å²) in [4.78, 5) is 0. The molecule has 0 rings (SSSR count). The minimum atomic E-state index is 0.821. The van der Waals surface area contributed by atoms with Gasteiger partial charge in [0.15, 0.2) is 0 Å². The van der Waals surface area contributed by atoms with E-state index in [9.17, 15) is 0 Å². The first-order valence-electron chi connectivity index (χ1n) is 6.76. The van der Waals surface area contributed by atoms with Gasteiger partial charge in [-0.15, -0.1) is 6.58 Å². The molecule has 0 heteroatoms. The van der Waals surface area contributed by atoms with Crippen LogP contribution in [0.25, 0.3) is 0 Å². The molecule has 0 heterocycles. The monoisotopic (exact) mass is 234 g/mol. The molecule has 0 amide bonds. The molecule has 0 saturated heterocycles. The average Bonchev–Trinajstić information content (AvgIpc) is 2.35. The summed E-state index contributed by atoms with van der Waals surface area (Å²) in [6.45, 7) is 13.8. The first kappa shape index (κ1) is 18.3. The van der Waals surface area contributed by atoms with Crippen molar-refractivity contribution in [1.29, 1.82) is 0 Å². The van der Waals surface area contributed by atoms with Crippen LogP contribution in [0.4, 0.5) is 0 Å². The second-order valence-electron chi connectivity index (χ2n) is 4.16. The lowest BCUT2D eigenvalue weighted by molar-refractivity contribution is 0.572. The Morgan fingerprint density at radius 2 is 1.71 bits per heavy atom. The molecular weight excluding hydrogens is 204 g/mol. The van der Waals surface area contributed by atoms with Crippen LogP contribution in [0.5, 0.6) is 0 Å². The van der Waals surface area contributed by atoms with E-state index in [2.05, 4.69) is 52.2 Å². The molecule has 0 aliphatic rings. The molecule has 0 aliphatic carbocycles. The van der Waals surface area contributed by atoms with E-state index in [0.717, 1.165) is 25.2 Å². The van der Waals surface area contributed by atoms with E-state index in [1.165, 1.54) is 12.8 Å². The molecule has 0 bridgehead atoms. The predicted octanol–water partition coefficient (Wildman–Crippen LogP) is 6.08. The highest BCUT2D eigenvalue weighted by atomic mass is 14.0. The lowest BCUT2D eigenvalue weighted by Gasteiger charge is -2.00. The fourth-order valence-electron chi connectivity index (χ4n) is 1.07. The van der Waals surface area contributed by atoms with Gasteiger partial charge in [0.1, 0.15) is 0 Å². The Labute approximate surface area is 109 Å². The van der Waals surface area contributed by atoms with Gasteiger partial charge < -0.3 is 0 Å². The highest BCUT2D eigenvalue weighted by Crippen LogP contribution is 2.06. The van der Waals surface area contributed by atoms with Crippen molar-refractivity contribution in [2.45, 2.75) is 52.9 Å². The van der Waals surface area contributed by atoms with Crippen molar-refractivity contribution < 1.29 is 0 Å². The van der Waals surface area contributed by atoms with Crippen molar-refractivity contribution in [1.82, 2.24) is 0 Å². The van der Waals surface area contributed by atoms with E-state index in [-0.39, 0.29) is 0 Å². The molecule has 0 aliphatic heterocycles. The summed E-state index contributed by atoms with van der Waals surface area (Å²) in [6, 6.07) is 0. The van der Waals surface area contributed by atoms with Crippen LogP contribution in [0.3, 0.4) is 0 Å². The summed E-state index contributed by atoms with van der Waals surface area (Å²) in [5, 5.41) is 0. The lowest BCUT2D eigenvalue weighted by Crippen LogP contribution is -1.86. The third kappa shape index (κ3) is 20.9. The van der Waals surface area contributed by atoms with Crippen LogP contribution in [-0.2, 0) is 0 Å². The van der Waals surface area contributed by atoms with Crippen molar-refractivity contribution in [3.05, 3.63) is 49.6 Å². The summed E-state index contributed by atoms with van der Waals surface area (Å²) in [7, 11) is 0. The fourth-order valence-corrected chi connectivity index (χ4v) is 1.07. The lowest BCUT2D eigenvalue weighted by atomic mass is 10.1. The largest absolute Gasteiger partial charge is 0.103 e. The minimum Gasteiger partial charge on any atom is -0.103 e. The highest BCUT2D eigenvalue weighted by molar-refractivity contribution is 4.97. The second-order valence-corrected chi connectivity index (χ2v) is 4.16. The maximum atomic E-state index is 3.62. The van der Waals surface area contributed by atoms with E-state index >= 15 is 0 Å². The zero-order valence-electron chi connectivity index (χ0n) is 12.0. The van der Waals surface area contributed by atoms with Crippen molar-refractivity contribution in [2.24, 2.45) is 5.92 Å². The van der Waals surface area contributed by atoms with Crippen LogP contribution in [0.2, 0.25) is 0 Å². The smallest absolute Gasteiger partial charge is 0.0316 e. The molecule has 98 valence electrons. The van der Waals surface area contributed by atoms with Crippen molar-refractivity contribution in [3.8, 4) is 0 Å². The van der Waals surface area contributed by atoms with E-state index in [4.69, 9.17) is 0 Å². The van der Waals surface area contributed by atoms with Gasteiger partial charge in [-0.2, -0.15) is 0 Å². The Hall–Kier alpha value is -1.04. The predicted molar refractivity (Wildman–Crippen MR) is 82.3 cm³/mol. The zero-order valence-corrected chi connectivity index (χ0v) is 12.0. The Kier molecular flexibility index (Phi) is 18.7. The highest BCUT2D eigenvalue weighted by Gasteiger charge is 1.91. The van der Waals surface area contributed by atoms with Gasteiger partial charge in [-0.1, -0.05) is 70.2 Å². The summed E-state index contributed by atoms with van der Waals surface area (Å²) >= 11 is 0. The molecule has 1 atom stereocenters. The Morgan fingerprint density at radius 3 is 2.18 bits per heavy atom. The first-order chi connectivity index (χ1) is 8.22. The first-order valence-corrected chi connectivity index (χ1v) is 6.76. The van der Waals surface area contributed by atoms with E-state index in [0.29, 0.717) is 0 Å². The molecular formula is C17H30. The van der Waals surface area contributed by atoms with Crippen LogP contribution < -0.4 is 0 Å². The van der Waals surface area contributed by atoms with Gasteiger partial charge >= 0.3 is 0 Å². The van der Waals surface area contributed by atoms with Crippen molar-refractivity contribution in [3.63, 3.8) is 0 Å². The van der Waals surface area contributed by atoms with Gasteiger partial charge in [0.25, 0.3) is 0 Å². The minimum absolute atomic E-state index is 0.821. The maximum absolute atomic E-state index is 3.62. The van der Waals surface area contributed by atoms with Crippen LogP contribution in [-0.4, -0.2) is 0 Å². The standard InChI is InChI=1S/C9H16.C8H14/c1-4-6-7-8-9(3)5-2;1-3-5-7-8-6-4-2/h4,6-7,9H,1,5,8H2,2-3H3;3,6,8H,1,4-5,7H2,2H3. The summed E-state index contributed by atoms with van der Waals surface area (Å²) in [6.07, 6.45) is 18.2. The molecule has 0 aromatic heterocycles. The van der Waals surface area contributed by atoms with Gasteiger partial charge in [-0.05, 0) is 31.6 Å². The second kappa shape index (κ2) is 17.4. The van der Waals surface area contributed by atoms with E-state index in [1.807, 2.05) is 18.2 Å². The van der Waals surface area contributed by atoms with E-state index in [1.54, 1.807) is 0 Å². The average molecular weight is 234 g/mol. The number of allylic oxidation sites excluding steroid dienone is 6. The van der Waals surface area contributed by atoms with Crippen LogP contribution >= 0.6 is 0 Å². The molecule has 0 saturated carbocycles. The number of unbranched alkanes of at least 4 members (excludes halogenated alkanes) is 1. The van der Waals surface area contributed by atoms with Gasteiger partial charge in [0.2, 0.25) is 0 Å². The summed E-state index contributed by atoms with van der Waals surface area (Å²) in [5.41, 5.74) is 0. The summed E-state index contributed by atoms with van der Waals surface area (Å²) in [5.74, 6) is 0.821. The van der Waals surface area contributed by atoms with Crippen LogP contribution in [0.1, 0.15) is 52.9 Å². The van der Waals surface area contributed by atoms with Gasteiger partial charge in [0.05, 0.1) is 0 Å². The Balaban J connectivity index is 0. The molecule has 0 radical (unpaired) electrons. The van der Waals surface area contributed by atoms with Gasteiger partial charge in [-0.3, -0.25) is 0 Å². The molecule has 0 N–H and O–H groups in total. The van der Waals surface area contributed by atoms with Crippen molar-refractivity contribution in [2.75, 3.05) is 0 Å². The zero-order chi connectivity index (χ0) is 13.4. The fraction of sp³-hybridized carbons (Fsp3) is 0.529. The molecule has 0 aromatic rings. The summed E-state index contributed by atoms with van der Waals surface area (Å²) < 4.78 is 0. The number of rotatable bonds is 8. The topological polar surface area (TPSA) is 0 Å². The third-order valence-corrected chi connectivity index (χ3v) is 2.45. The molecule has 0 spiro atoms. The Bertz CT molecular complexity index is 208. The number of hydrogen-bond acceptors (Lipinski definition) is 0. The molecule has 0 fully saturated rings. The quantitative estimate of drug-likeness (QED) is 0.271. The molecule has 1 unspecified atom stereocenters. The van der Waals surface area contributed by atoms with Gasteiger partial charge in [-0.25, -0.2) is 0 Å². The van der Waals surface area contributed by atoms with Crippen LogP contribution in [0, 0.1) is 5.92 Å². The van der Waals surface area contributed by atoms with Crippen molar-refractivity contribution >= 4 is 0 Å².